The lowest BCUT2D eigenvalue weighted by molar-refractivity contribution is 0.153. The van der Waals surface area contributed by atoms with Crippen molar-refractivity contribution in [2.75, 3.05) is 26.2 Å². The molecule has 3 aliphatic heterocycles. The van der Waals surface area contributed by atoms with Gasteiger partial charge in [-0.15, -0.1) is 0 Å². The molecule has 2 unspecified atom stereocenters. The first-order valence-corrected chi connectivity index (χ1v) is 8.38. The molecule has 4 heteroatoms. The van der Waals surface area contributed by atoms with Crippen molar-refractivity contribution >= 4 is 0 Å². The maximum Gasteiger partial charge on any atom is 0.0950 e. The average Bonchev–Trinajstić information content (AvgIpc) is 3.16. The van der Waals surface area contributed by atoms with Gasteiger partial charge in [-0.1, -0.05) is 0 Å². The number of aromatic nitrogens is 2. The molecule has 1 aromatic rings. The first kappa shape index (κ1) is 12.8. The molecule has 3 saturated heterocycles. The predicted octanol–water partition coefficient (Wildman–Crippen LogP) is 2.15. The summed E-state index contributed by atoms with van der Waals surface area (Å²) in [6, 6.07) is 1.54. The van der Waals surface area contributed by atoms with Crippen molar-refractivity contribution in [3.8, 4) is 0 Å². The number of hydrogen-bond acceptors (Lipinski definition) is 3. The van der Waals surface area contributed by atoms with Crippen LogP contribution in [0.25, 0.3) is 0 Å². The van der Waals surface area contributed by atoms with Gasteiger partial charge in [-0.05, 0) is 58.2 Å². The van der Waals surface area contributed by atoms with Gasteiger partial charge in [-0.2, -0.15) is 0 Å². The fraction of sp³-hybridized carbons (Fsp3) is 0.812. The standard InChI is InChI=1S/C16H26N4/c1-2-14-10-15(5-9-19(14)8-1)20-12-18-11-16(20)13-3-6-17-7-4-13/h11-15,17H,1-10H2. The molecule has 0 bridgehead atoms. The topological polar surface area (TPSA) is 33.1 Å². The van der Waals surface area contributed by atoms with Gasteiger partial charge in [0, 0.05) is 36.4 Å². The van der Waals surface area contributed by atoms with Crippen LogP contribution < -0.4 is 5.32 Å². The van der Waals surface area contributed by atoms with E-state index < -0.39 is 0 Å². The van der Waals surface area contributed by atoms with E-state index in [-0.39, 0.29) is 0 Å². The number of rotatable bonds is 2. The first-order valence-electron chi connectivity index (χ1n) is 8.38. The molecular weight excluding hydrogens is 248 g/mol. The summed E-state index contributed by atoms with van der Waals surface area (Å²) in [4.78, 5) is 7.19. The van der Waals surface area contributed by atoms with Crippen molar-refractivity contribution in [1.29, 1.82) is 0 Å². The highest BCUT2D eigenvalue weighted by Gasteiger charge is 2.33. The van der Waals surface area contributed by atoms with Crippen molar-refractivity contribution in [1.82, 2.24) is 19.8 Å². The Bertz CT molecular complexity index is 449. The van der Waals surface area contributed by atoms with E-state index in [0.29, 0.717) is 6.04 Å². The second-order valence-electron chi connectivity index (χ2n) is 6.76. The zero-order chi connectivity index (χ0) is 13.4. The lowest BCUT2D eigenvalue weighted by atomic mass is 9.92. The van der Waals surface area contributed by atoms with E-state index in [1.54, 1.807) is 0 Å². The smallest absolute Gasteiger partial charge is 0.0950 e. The summed E-state index contributed by atoms with van der Waals surface area (Å²) < 4.78 is 2.53. The highest BCUT2D eigenvalue weighted by Crippen LogP contribution is 2.36. The number of nitrogens with zero attached hydrogens (tertiary/aromatic N) is 3. The molecule has 4 nitrogen and oxygen atoms in total. The van der Waals surface area contributed by atoms with E-state index >= 15 is 0 Å². The van der Waals surface area contributed by atoms with Crippen LogP contribution in [0.4, 0.5) is 0 Å². The second kappa shape index (κ2) is 5.49. The molecule has 0 radical (unpaired) electrons. The maximum absolute atomic E-state index is 4.49. The van der Waals surface area contributed by atoms with Crippen molar-refractivity contribution < 1.29 is 0 Å². The first-order chi connectivity index (χ1) is 9.92. The Morgan fingerprint density at radius 2 is 1.95 bits per heavy atom. The summed E-state index contributed by atoms with van der Waals surface area (Å²) in [5.41, 5.74) is 1.50. The van der Waals surface area contributed by atoms with Crippen molar-refractivity contribution in [2.45, 2.75) is 56.5 Å². The molecule has 3 aliphatic rings. The molecule has 0 spiro atoms. The number of imidazole rings is 1. The molecule has 110 valence electrons. The molecule has 4 rings (SSSR count). The lowest BCUT2D eigenvalue weighted by Gasteiger charge is -2.37. The van der Waals surface area contributed by atoms with E-state index in [9.17, 15) is 0 Å². The van der Waals surface area contributed by atoms with Crippen molar-refractivity contribution in [3.63, 3.8) is 0 Å². The molecule has 3 fully saturated rings. The van der Waals surface area contributed by atoms with Gasteiger partial charge >= 0.3 is 0 Å². The normalized spacial score (nSPS) is 32.4. The SMILES string of the molecule is c1ncn(C2CCN3CCCC3C2)c1C1CCNCC1. The minimum absolute atomic E-state index is 0.696. The Hall–Kier alpha value is -0.870. The maximum atomic E-state index is 4.49. The zero-order valence-corrected chi connectivity index (χ0v) is 12.3. The summed E-state index contributed by atoms with van der Waals surface area (Å²) in [5.74, 6) is 0.723. The molecule has 1 aromatic heterocycles. The van der Waals surface area contributed by atoms with Crippen LogP contribution in [0.1, 0.15) is 56.2 Å². The summed E-state index contributed by atoms with van der Waals surface area (Å²) in [6.07, 6.45) is 12.3. The van der Waals surface area contributed by atoms with Crippen LogP contribution in [0.15, 0.2) is 12.5 Å². The summed E-state index contributed by atoms with van der Waals surface area (Å²) in [6.45, 7) is 4.95. The molecule has 4 heterocycles. The highest BCUT2D eigenvalue weighted by atomic mass is 15.2. The van der Waals surface area contributed by atoms with E-state index in [1.165, 1.54) is 57.3 Å². The van der Waals surface area contributed by atoms with Crippen molar-refractivity contribution in [2.24, 2.45) is 0 Å². The van der Waals surface area contributed by atoms with Crippen LogP contribution in [0.2, 0.25) is 0 Å². The fourth-order valence-electron chi connectivity index (χ4n) is 4.51. The fourth-order valence-corrected chi connectivity index (χ4v) is 4.51. The third-order valence-electron chi connectivity index (χ3n) is 5.64. The lowest BCUT2D eigenvalue weighted by Crippen LogP contribution is -2.39. The van der Waals surface area contributed by atoms with Gasteiger partial charge in [0.1, 0.15) is 0 Å². The van der Waals surface area contributed by atoms with E-state index in [1.807, 2.05) is 0 Å². The summed E-state index contributed by atoms with van der Waals surface area (Å²) in [5, 5.41) is 3.47. The minimum Gasteiger partial charge on any atom is -0.331 e. The van der Waals surface area contributed by atoms with Gasteiger partial charge in [0.05, 0.1) is 6.33 Å². The third kappa shape index (κ3) is 2.29. The van der Waals surface area contributed by atoms with Crippen LogP contribution in [0, 0.1) is 0 Å². The van der Waals surface area contributed by atoms with E-state index in [0.717, 1.165) is 25.0 Å². The minimum atomic E-state index is 0.696. The highest BCUT2D eigenvalue weighted by molar-refractivity contribution is 5.10. The Morgan fingerprint density at radius 1 is 1.05 bits per heavy atom. The van der Waals surface area contributed by atoms with Crippen LogP contribution in [0.5, 0.6) is 0 Å². The number of hydrogen-bond donors (Lipinski definition) is 1. The van der Waals surface area contributed by atoms with Gasteiger partial charge in [0.25, 0.3) is 0 Å². The number of fused-ring (bicyclic) bond motifs is 1. The summed E-state index contributed by atoms with van der Waals surface area (Å²) >= 11 is 0. The van der Waals surface area contributed by atoms with Crippen LogP contribution in [0.3, 0.4) is 0 Å². The third-order valence-corrected chi connectivity index (χ3v) is 5.64. The Kier molecular flexibility index (Phi) is 3.52. The Morgan fingerprint density at radius 3 is 2.85 bits per heavy atom. The van der Waals surface area contributed by atoms with Gasteiger partial charge in [-0.3, -0.25) is 0 Å². The zero-order valence-electron chi connectivity index (χ0n) is 12.3. The quantitative estimate of drug-likeness (QED) is 0.897. The second-order valence-corrected chi connectivity index (χ2v) is 6.76. The predicted molar refractivity (Wildman–Crippen MR) is 79.9 cm³/mol. The van der Waals surface area contributed by atoms with E-state index in [4.69, 9.17) is 0 Å². The van der Waals surface area contributed by atoms with Gasteiger partial charge in [0.2, 0.25) is 0 Å². The largest absolute Gasteiger partial charge is 0.331 e. The molecule has 0 aliphatic carbocycles. The monoisotopic (exact) mass is 274 g/mol. The molecule has 0 saturated carbocycles. The van der Waals surface area contributed by atoms with Crippen LogP contribution in [-0.2, 0) is 0 Å². The number of nitrogens with one attached hydrogen (secondary N) is 1. The molecule has 0 aromatic carbocycles. The van der Waals surface area contributed by atoms with Gasteiger partial charge < -0.3 is 14.8 Å². The molecule has 2 atom stereocenters. The van der Waals surface area contributed by atoms with Crippen LogP contribution >= 0.6 is 0 Å². The Labute approximate surface area is 121 Å². The number of piperidine rings is 2. The van der Waals surface area contributed by atoms with Crippen molar-refractivity contribution in [3.05, 3.63) is 18.2 Å². The molecular formula is C16H26N4. The van der Waals surface area contributed by atoms with Gasteiger partial charge in [0.15, 0.2) is 0 Å². The summed E-state index contributed by atoms with van der Waals surface area (Å²) in [7, 11) is 0. The van der Waals surface area contributed by atoms with Gasteiger partial charge in [-0.25, -0.2) is 4.98 Å². The molecule has 0 amide bonds. The molecule has 1 N–H and O–H groups in total. The average molecular weight is 274 g/mol. The molecule has 20 heavy (non-hydrogen) atoms. The Balaban J connectivity index is 1.52. The van der Waals surface area contributed by atoms with Crippen LogP contribution in [-0.4, -0.2) is 46.7 Å². The van der Waals surface area contributed by atoms with E-state index in [2.05, 4.69) is 32.3 Å².